The molecule has 1 aromatic heterocycles. The van der Waals surface area contributed by atoms with E-state index in [-0.39, 0.29) is 21.7 Å². The lowest BCUT2D eigenvalue weighted by Gasteiger charge is -2.28. The number of carboxylic acid groups (broad SMARTS) is 1. The van der Waals surface area contributed by atoms with Crippen LogP contribution in [0.4, 0.5) is 22.0 Å². The molecule has 0 bridgehead atoms. The summed E-state index contributed by atoms with van der Waals surface area (Å²) in [6.07, 6.45) is -8.68. The number of aliphatic carboxylic acids is 1. The van der Waals surface area contributed by atoms with Gasteiger partial charge in [-0.15, -0.1) is 0 Å². The van der Waals surface area contributed by atoms with Gasteiger partial charge in [0.15, 0.2) is 5.06 Å². The molecular formula is C18H14F5NO5S. The van der Waals surface area contributed by atoms with Crippen LogP contribution in [-0.4, -0.2) is 45.6 Å². The van der Waals surface area contributed by atoms with E-state index in [2.05, 4.69) is 4.74 Å². The van der Waals surface area contributed by atoms with Gasteiger partial charge in [0.1, 0.15) is 11.6 Å². The molecule has 0 saturated carbocycles. The number of aliphatic hydroxyl groups excluding tert-OH is 1. The lowest BCUT2D eigenvalue weighted by Crippen LogP contribution is -2.36. The third kappa shape index (κ3) is 3.91. The predicted octanol–water partition coefficient (Wildman–Crippen LogP) is 4.63. The van der Waals surface area contributed by atoms with Gasteiger partial charge in [0.25, 0.3) is 5.91 Å². The number of thiophene rings is 1. The van der Waals surface area contributed by atoms with Crippen LogP contribution in [0.1, 0.15) is 29.4 Å². The SMILES string of the molecule is CC1=C(CC(=O)O)C2=CC(O)=C(F)CC2N1C(=O)c1ccc(OC(F)(F)C(F)F)s1. The quantitative estimate of drug-likeness (QED) is 0.616. The predicted molar refractivity (Wildman–Crippen MR) is 94.3 cm³/mol. The molecule has 0 fully saturated rings. The number of ether oxygens (including phenoxy) is 1. The highest BCUT2D eigenvalue weighted by Crippen LogP contribution is 2.43. The summed E-state index contributed by atoms with van der Waals surface area (Å²) in [5.74, 6) is -3.57. The van der Waals surface area contributed by atoms with Crippen LogP contribution in [0.25, 0.3) is 0 Å². The maximum atomic E-state index is 14.0. The van der Waals surface area contributed by atoms with Crippen molar-refractivity contribution in [1.82, 2.24) is 4.90 Å². The Morgan fingerprint density at radius 2 is 2.03 bits per heavy atom. The molecular weight excluding hydrogens is 437 g/mol. The number of hydrogen-bond acceptors (Lipinski definition) is 5. The van der Waals surface area contributed by atoms with Gasteiger partial charge < -0.3 is 19.8 Å². The van der Waals surface area contributed by atoms with E-state index in [1.54, 1.807) is 0 Å². The second-order valence-electron chi connectivity index (χ2n) is 6.50. The second kappa shape index (κ2) is 7.74. The van der Waals surface area contributed by atoms with Crippen molar-refractivity contribution in [2.24, 2.45) is 0 Å². The van der Waals surface area contributed by atoms with Crippen LogP contribution in [0.5, 0.6) is 5.06 Å². The number of carboxylic acids is 1. The number of carbonyl (C=O) groups is 2. The Labute approximate surface area is 170 Å². The number of amides is 1. The van der Waals surface area contributed by atoms with E-state index in [9.17, 15) is 36.6 Å². The van der Waals surface area contributed by atoms with E-state index in [0.717, 1.165) is 23.1 Å². The first-order valence-electron chi connectivity index (χ1n) is 8.42. The molecule has 1 atom stereocenters. The summed E-state index contributed by atoms with van der Waals surface area (Å²) in [4.78, 5) is 25.1. The number of alkyl halides is 4. The Hall–Kier alpha value is -2.89. The van der Waals surface area contributed by atoms with Gasteiger partial charge >= 0.3 is 18.5 Å². The van der Waals surface area contributed by atoms with Gasteiger partial charge in [-0.05, 0) is 36.3 Å². The largest absolute Gasteiger partial charge is 0.505 e. The van der Waals surface area contributed by atoms with E-state index in [0.29, 0.717) is 11.3 Å². The smallest absolute Gasteiger partial charge is 0.461 e. The fourth-order valence-corrected chi connectivity index (χ4v) is 4.10. The fraction of sp³-hybridized carbons (Fsp3) is 0.333. The minimum absolute atomic E-state index is 0.162. The van der Waals surface area contributed by atoms with Gasteiger partial charge in [-0.2, -0.15) is 17.6 Å². The number of allylic oxidation sites excluding steroid dienone is 2. The van der Waals surface area contributed by atoms with Crippen molar-refractivity contribution < 1.29 is 46.5 Å². The highest BCUT2D eigenvalue weighted by Gasteiger charge is 2.45. The van der Waals surface area contributed by atoms with Gasteiger partial charge in [-0.1, -0.05) is 11.3 Å². The molecule has 2 aliphatic rings. The molecule has 2 N–H and O–H groups in total. The third-order valence-electron chi connectivity index (χ3n) is 4.59. The molecule has 0 spiro atoms. The van der Waals surface area contributed by atoms with Crippen LogP contribution < -0.4 is 4.74 Å². The van der Waals surface area contributed by atoms with Crippen molar-refractivity contribution in [1.29, 1.82) is 0 Å². The molecule has 0 radical (unpaired) electrons. The number of hydrogen-bond donors (Lipinski definition) is 2. The molecule has 30 heavy (non-hydrogen) atoms. The van der Waals surface area contributed by atoms with Gasteiger partial charge in [0, 0.05) is 12.1 Å². The lowest BCUT2D eigenvalue weighted by atomic mass is 9.92. The van der Waals surface area contributed by atoms with Crippen LogP contribution in [0.2, 0.25) is 0 Å². The van der Waals surface area contributed by atoms with E-state index in [1.165, 1.54) is 6.92 Å². The zero-order valence-electron chi connectivity index (χ0n) is 15.2. The fourth-order valence-electron chi connectivity index (χ4n) is 3.28. The van der Waals surface area contributed by atoms with Crippen molar-refractivity contribution in [3.05, 3.63) is 51.5 Å². The topological polar surface area (TPSA) is 87.1 Å². The molecule has 1 amide bonds. The molecule has 1 aliphatic heterocycles. The van der Waals surface area contributed by atoms with Gasteiger partial charge in [-0.25, -0.2) is 4.39 Å². The lowest BCUT2D eigenvalue weighted by molar-refractivity contribution is -0.251. The van der Waals surface area contributed by atoms with E-state index < -0.39 is 59.9 Å². The standard InChI is InChI=1S/C18H14F5NO5S/c1-7-8(5-14(26)27)9-4-12(25)10(19)6-11(9)24(7)16(28)13-2-3-15(30-13)29-18(22,23)17(20)21/h2-4,11,17,25H,5-6H2,1H3,(H,26,27). The number of nitrogens with zero attached hydrogens (tertiary/aromatic N) is 1. The first-order chi connectivity index (χ1) is 13.9. The maximum absolute atomic E-state index is 14.0. The summed E-state index contributed by atoms with van der Waals surface area (Å²) in [6.45, 7) is 1.43. The van der Waals surface area contributed by atoms with Crippen molar-refractivity contribution in [3.8, 4) is 5.06 Å². The Bertz CT molecular complexity index is 997. The Kier molecular flexibility index (Phi) is 5.63. The maximum Gasteiger partial charge on any atom is 0.461 e. The molecule has 3 rings (SSSR count). The molecule has 162 valence electrons. The first kappa shape index (κ1) is 21.8. The highest BCUT2D eigenvalue weighted by molar-refractivity contribution is 7.15. The van der Waals surface area contributed by atoms with E-state index in [1.807, 2.05) is 0 Å². The van der Waals surface area contributed by atoms with Crippen LogP contribution >= 0.6 is 11.3 Å². The van der Waals surface area contributed by atoms with Crippen LogP contribution in [0, 0.1) is 0 Å². The first-order valence-corrected chi connectivity index (χ1v) is 9.23. The molecule has 0 saturated heterocycles. The summed E-state index contributed by atoms with van der Waals surface area (Å²) in [5.41, 5.74) is 0.645. The number of aliphatic hydroxyl groups is 1. The molecule has 1 unspecified atom stereocenters. The molecule has 0 aromatic carbocycles. The Morgan fingerprint density at radius 1 is 1.37 bits per heavy atom. The Morgan fingerprint density at radius 3 is 2.63 bits per heavy atom. The number of fused-ring (bicyclic) bond motifs is 1. The highest BCUT2D eigenvalue weighted by atomic mass is 32.1. The zero-order chi connectivity index (χ0) is 22.4. The normalized spacial score (nSPS) is 19.4. The number of rotatable bonds is 6. The molecule has 1 aliphatic carbocycles. The van der Waals surface area contributed by atoms with Gasteiger partial charge in [-0.3, -0.25) is 9.59 Å². The minimum atomic E-state index is -4.74. The summed E-state index contributed by atoms with van der Waals surface area (Å²) in [5, 5.41) is 18.2. The molecule has 2 heterocycles. The van der Waals surface area contributed by atoms with Crippen molar-refractivity contribution in [2.75, 3.05) is 0 Å². The Balaban J connectivity index is 1.93. The van der Waals surface area contributed by atoms with Crippen LogP contribution in [0.3, 0.4) is 0 Å². The molecule has 6 nitrogen and oxygen atoms in total. The van der Waals surface area contributed by atoms with Crippen LogP contribution in [-0.2, 0) is 4.79 Å². The van der Waals surface area contributed by atoms with Gasteiger partial charge in [0.2, 0.25) is 0 Å². The summed E-state index contributed by atoms with van der Waals surface area (Å²) < 4.78 is 68.7. The van der Waals surface area contributed by atoms with Crippen molar-refractivity contribution >= 4 is 23.2 Å². The minimum Gasteiger partial charge on any atom is -0.505 e. The molecule has 1 aromatic rings. The van der Waals surface area contributed by atoms with Crippen LogP contribution in [0.15, 0.2) is 46.6 Å². The number of halogens is 5. The third-order valence-corrected chi connectivity index (χ3v) is 5.54. The van der Waals surface area contributed by atoms with E-state index in [4.69, 9.17) is 5.11 Å². The zero-order valence-corrected chi connectivity index (χ0v) is 16.0. The second-order valence-corrected chi connectivity index (χ2v) is 7.55. The average Bonchev–Trinajstić information content (AvgIpc) is 3.18. The van der Waals surface area contributed by atoms with Crippen molar-refractivity contribution in [3.63, 3.8) is 0 Å². The monoisotopic (exact) mass is 451 g/mol. The van der Waals surface area contributed by atoms with Crippen molar-refractivity contribution in [2.45, 2.75) is 38.3 Å². The van der Waals surface area contributed by atoms with Gasteiger partial charge in [0.05, 0.1) is 17.3 Å². The summed E-state index contributed by atoms with van der Waals surface area (Å²) >= 11 is 0.390. The average molecular weight is 451 g/mol. The number of carbonyl (C=O) groups excluding carboxylic acids is 1. The molecule has 12 heteroatoms. The summed E-state index contributed by atoms with van der Waals surface area (Å²) in [6, 6.07) is 1.06. The van der Waals surface area contributed by atoms with E-state index >= 15 is 0 Å². The summed E-state index contributed by atoms with van der Waals surface area (Å²) in [7, 11) is 0.